The lowest BCUT2D eigenvalue weighted by atomic mass is 9.97. The zero-order valence-corrected chi connectivity index (χ0v) is 14.1. The minimum Gasteiger partial charge on any atom is -0.297 e. The molecule has 0 radical (unpaired) electrons. The number of ketones is 1. The van der Waals surface area contributed by atoms with Gasteiger partial charge in [0.05, 0.1) is 11.4 Å². The number of fused-ring (bicyclic) bond motifs is 4. The molecule has 1 N–H and O–H groups in total. The topological polar surface area (TPSA) is 44.7 Å². The number of benzene rings is 3. The Bertz CT molecular complexity index is 1180. The van der Waals surface area contributed by atoms with Gasteiger partial charge in [0.2, 0.25) is 0 Å². The van der Waals surface area contributed by atoms with Crippen LogP contribution in [0, 0.1) is 0 Å². The number of aliphatic imine (C=N–C) groups is 1. The van der Waals surface area contributed by atoms with Crippen LogP contribution < -0.4 is 20.9 Å². The van der Waals surface area contributed by atoms with Crippen LogP contribution in [0.15, 0.2) is 59.6 Å². The number of rotatable bonds is 2. The lowest BCUT2D eigenvalue weighted by Crippen LogP contribution is -2.33. The van der Waals surface area contributed by atoms with Gasteiger partial charge in [-0.2, -0.15) is 0 Å². The molecule has 3 aromatic carbocycles. The predicted octanol–water partition coefficient (Wildman–Crippen LogP) is 2.60. The summed E-state index contributed by atoms with van der Waals surface area (Å²) < 4.78 is 0. The number of hydrogen-bond donors (Lipinski definition) is 1. The molecule has 0 spiro atoms. The van der Waals surface area contributed by atoms with Crippen LogP contribution in [0.2, 0.25) is 0 Å². The second-order valence-electron chi connectivity index (χ2n) is 6.58. The maximum absolute atomic E-state index is 11.7. The Morgan fingerprint density at radius 2 is 1.88 bits per heavy atom. The summed E-state index contributed by atoms with van der Waals surface area (Å²) in [5.74, 6) is 0.162. The molecule has 0 saturated heterocycles. The van der Waals surface area contributed by atoms with Gasteiger partial charge >= 0.3 is 0 Å². The van der Waals surface area contributed by atoms with Gasteiger partial charge in [-0.3, -0.25) is 20.2 Å². The Balaban J connectivity index is 1.65. The Labute approximate surface area is 150 Å². The summed E-state index contributed by atoms with van der Waals surface area (Å²) in [6, 6.07) is 18.6. The monoisotopic (exact) mass is 339 g/mol. The van der Waals surface area contributed by atoms with Gasteiger partial charge in [-0.1, -0.05) is 30.3 Å². The zero-order valence-electron chi connectivity index (χ0n) is 14.1. The van der Waals surface area contributed by atoms with Gasteiger partial charge in [0.25, 0.3) is 0 Å². The first-order valence-electron chi connectivity index (χ1n) is 8.68. The normalized spacial score (nSPS) is 15.1. The molecule has 0 fully saturated rings. The van der Waals surface area contributed by atoms with E-state index in [1.165, 1.54) is 0 Å². The standard InChI is InChI=1S/C22H17N3O/c26-19-8-6-15-12-20-16(10-17(15)11-19)7-9-22-21(20)13-23-14-25(22)24-18-4-2-1-3-5-18/h1-7,9-13,24H,8,14H2. The van der Waals surface area contributed by atoms with E-state index >= 15 is 0 Å². The summed E-state index contributed by atoms with van der Waals surface area (Å²) in [5.41, 5.74) is 6.67. The second-order valence-corrected chi connectivity index (χ2v) is 6.58. The average Bonchev–Trinajstić information content (AvgIpc) is 2.67. The van der Waals surface area contributed by atoms with E-state index in [1.807, 2.05) is 42.6 Å². The van der Waals surface area contributed by atoms with Crippen LogP contribution in [-0.2, 0) is 4.79 Å². The predicted molar refractivity (Wildman–Crippen MR) is 107 cm³/mol. The zero-order chi connectivity index (χ0) is 17.5. The van der Waals surface area contributed by atoms with Crippen LogP contribution in [0.1, 0.15) is 12.0 Å². The number of hydrogen-bond acceptors (Lipinski definition) is 4. The lowest BCUT2D eigenvalue weighted by Gasteiger charge is -2.29. The maximum atomic E-state index is 11.7. The van der Waals surface area contributed by atoms with Gasteiger partial charge in [0.15, 0.2) is 5.78 Å². The number of hydrazine groups is 1. The second kappa shape index (κ2) is 5.85. The Morgan fingerprint density at radius 1 is 1.00 bits per heavy atom. The molecule has 0 saturated carbocycles. The number of nitrogens with one attached hydrogen (secondary N) is 1. The van der Waals surface area contributed by atoms with Crippen LogP contribution in [0.5, 0.6) is 0 Å². The number of carbonyl (C=O) groups excluding carboxylic acids is 1. The van der Waals surface area contributed by atoms with Crippen molar-refractivity contribution in [2.45, 2.75) is 6.42 Å². The van der Waals surface area contributed by atoms with E-state index < -0.39 is 0 Å². The number of anilines is 2. The summed E-state index contributed by atoms with van der Waals surface area (Å²) in [5, 5.41) is 6.45. The van der Waals surface area contributed by atoms with E-state index in [9.17, 15) is 4.79 Å². The number of para-hydroxylation sites is 1. The number of Topliss-reactive ketones (excluding diaryl/α,β-unsaturated/α-hetero) is 1. The van der Waals surface area contributed by atoms with Crippen molar-refractivity contribution in [3.63, 3.8) is 0 Å². The molecule has 4 heteroatoms. The van der Waals surface area contributed by atoms with E-state index in [4.69, 9.17) is 0 Å². The fourth-order valence-corrected chi connectivity index (χ4v) is 3.59. The molecule has 5 rings (SSSR count). The van der Waals surface area contributed by atoms with E-state index in [0.717, 1.165) is 38.1 Å². The van der Waals surface area contributed by atoms with Crippen LogP contribution in [0.4, 0.5) is 11.4 Å². The summed E-state index contributed by atoms with van der Waals surface area (Å²) >= 11 is 0. The van der Waals surface area contributed by atoms with Crippen molar-refractivity contribution in [1.29, 1.82) is 0 Å². The van der Waals surface area contributed by atoms with Crippen molar-refractivity contribution >= 4 is 46.3 Å². The van der Waals surface area contributed by atoms with Gasteiger partial charge in [-0.15, -0.1) is 0 Å². The highest BCUT2D eigenvalue weighted by atomic mass is 16.1. The first-order chi connectivity index (χ1) is 12.8. The van der Waals surface area contributed by atoms with Crippen molar-refractivity contribution in [2.24, 2.45) is 4.99 Å². The Morgan fingerprint density at radius 3 is 2.77 bits per heavy atom. The first kappa shape index (κ1) is 14.9. The highest BCUT2D eigenvalue weighted by Gasteiger charge is 2.17. The molecule has 0 unspecified atom stereocenters. The van der Waals surface area contributed by atoms with Gasteiger partial charge in [-0.05, 0) is 57.6 Å². The Kier molecular flexibility index (Phi) is 3.35. The van der Waals surface area contributed by atoms with Gasteiger partial charge in [-0.25, -0.2) is 0 Å². The molecule has 4 nitrogen and oxygen atoms in total. The van der Waals surface area contributed by atoms with E-state index in [-0.39, 0.29) is 5.78 Å². The van der Waals surface area contributed by atoms with E-state index in [0.29, 0.717) is 13.1 Å². The van der Waals surface area contributed by atoms with E-state index in [2.05, 4.69) is 39.7 Å². The fraction of sp³-hybridized carbons (Fsp3) is 0.0909. The van der Waals surface area contributed by atoms with Gasteiger partial charge < -0.3 is 0 Å². The minimum absolute atomic E-state index is 0.162. The molecule has 0 amide bonds. The van der Waals surface area contributed by atoms with Gasteiger partial charge in [0, 0.05) is 18.2 Å². The molecule has 26 heavy (non-hydrogen) atoms. The molecule has 2 aliphatic rings. The van der Waals surface area contributed by atoms with Crippen molar-refractivity contribution in [1.82, 2.24) is 0 Å². The molecule has 3 aromatic rings. The van der Waals surface area contributed by atoms with Gasteiger partial charge in [0.1, 0.15) is 6.67 Å². The third-order valence-corrected chi connectivity index (χ3v) is 4.85. The van der Waals surface area contributed by atoms with Crippen LogP contribution >= 0.6 is 0 Å². The first-order valence-corrected chi connectivity index (χ1v) is 8.68. The molecule has 0 atom stereocenters. The minimum atomic E-state index is 0.162. The van der Waals surface area contributed by atoms with Crippen LogP contribution in [0.25, 0.3) is 22.9 Å². The fourth-order valence-electron chi connectivity index (χ4n) is 3.59. The quantitative estimate of drug-likeness (QED) is 0.781. The summed E-state index contributed by atoms with van der Waals surface area (Å²) in [6.45, 7) is 0.562. The molecule has 1 aliphatic heterocycles. The van der Waals surface area contributed by atoms with Crippen molar-refractivity contribution in [3.8, 4) is 0 Å². The summed E-state index contributed by atoms with van der Waals surface area (Å²) in [4.78, 5) is 16.2. The molecule has 126 valence electrons. The highest BCUT2D eigenvalue weighted by Crippen LogP contribution is 2.29. The number of carbonyl (C=O) groups is 1. The van der Waals surface area contributed by atoms with Crippen molar-refractivity contribution in [3.05, 3.63) is 70.6 Å². The summed E-state index contributed by atoms with van der Waals surface area (Å²) in [6.07, 6.45) is 6.18. The van der Waals surface area contributed by atoms with Crippen molar-refractivity contribution < 1.29 is 4.79 Å². The SMILES string of the molecule is O=C1C=c2cc3ccc4c(c3cc2=CC1)C=NCN4Nc1ccccc1. The molecular formula is C22H17N3O. The van der Waals surface area contributed by atoms with Crippen LogP contribution in [0.3, 0.4) is 0 Å². The molecular weight excluding hydrogens is 322 g/mol. The summed E-state index contributed by atoms with van der Waals surface area (Å²) in [7, 11) is 0. The molecule has 0 bridgehead atoms. The molecule has 0 aromatic heterocycles. The highest BCUT2D eigenvalue weighted by molar-refractivity contribution is 6.11. The van der Waals surface area contributed by atoms with E-state index in [1.54, 1.807) is 6.08 Å². The van der Waals surface area contributed by atoms with Crippen molar-refractivity contribution in [2.75, 3.05) is 17.1 Å². The van der Waals surface area contributed by atoms with Crippen LogP contribution in [-0.4, -0.2) is 18.7 Å². The smallest absolute Gasteiger partial charge is 0.160 e. The lowest BCUT2D eigenvalue weighted by molar-refractivity contribution is -0.112. The number of nitrogens with zero attached hydrogens (tertiary/aromatic N) is 2. The third-order valence-electron chi connectivity index (χ3n) is 4.85. The third kappa shape index (κ3) is 2.47. The average molecular weight is 339 g/mol. The largest absolute Gasteiger partial charge is 0.297 e. The maximum Gasteiger partial charge on any atom is 0.160 e. The Hall–Kier alpha value is -3.40. The molecule has 1 heterocycles. The molecule has 1 aliphatic carbocycles.